The number of rotatable bonds is 2. The van der Waals surface area contributed by atoms with Crippen LogP contribution in [0, 0.1) is 0 Å². The highest BCUT2D eigenvalue weighted by Crippen LogP contribution is 2.19. The van der Waals surface area contributed by atoms with Gasteiger partial charge in [-0.25, -0.2) is 4.98 Å². The zero-order valence-electron chi connectivity index (χ0n) is 6.35. The van der Waals surface area contributed by atoms with E-state index in [2.05, 4.69) is 20.3 Å². The average molecular weight is 185 g/mol. The van der Waals surface area contributed by atoms with Crippen LogP contribution in [0.15, 0.2) is 18.7 Å². The molecule has 0 saturated heterocycles. The van der Waals surface area contributed by atoms with Crippen molar-refractivity contribution in [2.75, 3.05) is 0 Å². The van der Waals surface area contributed by atoms with Gasteiger partial charge in [0.1, 0.15) is 5.69 Å². The third-order valence-electron chi connectivity index (χ3n) is 1.53. The van der Waals surface area contributed by atoms with Gasteiger partial charge in [0.2, 0.25) is 0 Å². The van der Waals surface area contributed by atoms with Crippen LogP contribution in [0.4, 0.5) is 8.78 Å². The molecule has 2 aromatic rings. The fraction of sp³-hybridized carbons (Fsp3) is 0.167. The van der Waals surface area contributed by atoms with E-state index in [1.807, 2.05) is 0 Å². The maximum Gasteiger partial charge on any atom is 0.335 e. The van der Waals surface area contributed by atoms with Crippen LogP contribution in [0.2, 0.25) is 0 Å². The summed E-state index contributed by atoms with van der Waals surface area (Å²) in [7, 11) is 0. The molecule has 2 aromatic heterocycles. The van der Waals surface area contributed by atoms with E-state index < -0.39 is 6.55 Å². The van der Waals surface area contributed by atoms with E-state index in [0.29, 0.717) is 10.4 Å². The Labute approximate surface area is 71.4 Å². The minimum Gasteiger partial charge on any atom is -0.343 e. The molecule has 0 fully saturated rings. The second kappa shape index (κ2) is 2.92. The summed E-state index contributed by atoms with van der Waals surface area (Å²) >= 11 is 0. The molecule has 0 aliphatic rings. The second-order valence-corrected chi connectivity index (χ2v) is 2.31. The van der Waals surface area contributed by atoms with Gasteiger partial charge in [-0.05, 0) is 0 Å². The highest BCUT2D eigenvalue weighted by Gasteiger charge is 2.14. The van der Waals surface area contributed by atoms with Crippen LogP contribution >= 0.6 is 0 Å². The van der Waals surface area contributed by atoms with Gasteiger partial charge in [-0.1, -0.05) is 5.21 Å². The number of alkyl halides is 2. The number of imidazole rings is 1. The summed E-state index contributed by atoms with van der Waals surface area (Å²) in [5.41, 5.74) is 0.679. The van der Waals surface area contributed by atoms with Crippen molar-refractivity contribution in [2.45, 2.75) is 6.55 Å². The van der Waals surface area contributed by atoms with Crippen molar-refractivity contribution in [1.82, 2.24) is 25.0 Å². The Bertz CT molecular complexity index is 379. The van der Waals surface area contributed by atoms with E-state index in [0.717, 1.165) is 0 Å². The zero-order valence-corrected chi connectivity index (χ0v) is 6.35. The van der Waals surface area contributed by atoms with Crippen molar-refractivity contribution < 1.29 is 8.78 Å². The molecule has 0 aliphatic heterocycles. The van der Waals surface area contributed by atoms with Crippen molar-refractivity contribution in [1.29, 1.82) is 0 Å². The lowest BCUT2D eigenvalue weighted by Crippen LogP contribution is -2.02. The third-order valence-corrected chi connectivity index (χ3v) is 1.53. The largest absolute Gasteiger partial charge is 0.343 e. The fourth-order valence-corrected chi connectivity index (χ4v) is 0.977. The van der Waals surface area contributed by atoms with Gasteiger partial charge in [0.05, 0.1) is 24.4 Å². The summed E-state index contributed by atoms with van der Waals surface area (Å²) in [6, 6.07) is 0. The van der Waals surface area contributed by atoms with E-state index in [1.165, 1.54) is 18.7 Å². The molecule has 0 radical (unpaired) electrons. The van der Waals surface area contributed by atoms with E-state index in [4.69, 9.17) is 0 Å². The summed E-state index contributed by atoms with van der Waals surface area (Å²) < 4.78 is 25.1. The molecular formula is C6H5F2N5. The number of aromatic amines is 1. The highest BCUT2D eigenvalue weighted by molar-refractivity contribution is 5.51. The van der Waals surface area contributed by atoms with E-state index in [-0.39, 0.29) is 5.69 Å². The molecule has 0 aromatic carbocycles. The lowest BCUT2D eigenvalue weighted by Gasteiger charge is -2.00. The first-order valence-electron chi connectivity index (χ1n) is 3.46. The SMILES string of the molecule is FC(F)n1nncc1-c1cnc[nH]1. The molecule has 0 amide bonds. The maximum atomic E-state index is 12.3. The minimum absolute atomic E-state index is 0.215. The van der Waals surface area contributed by atoms with Crippen LogP contribution < -0.4 is 0 Å². The number of halogens is 2. The first kappa shape index (κ1) is 7.84. The molecule has 1 N–H and O–H groups in total. The third kappa shape index (κ3) is 1.28. The summed E-state index contributed by atoms with van der Waals surface area (Å²) in [6.45, 7) is -2.69. The molecule has 5 nitrogen and oxygen atoms in total. The van der Waals surface area contributed by atoms with Gasteiger partial charge >= 0.3 is 6.55 Å². The molecule has 13 heavy (non-hydrogen) atoms. The minimum atomic E-state index is -2.69. The lowest BCUT2D eigenvalue weighted by molar-refractivity contribution is 0.0564. The molecule has 0 saturated carbocycles. The number of hydrogen-bond donors (Lipinski definition) is 1. The van der Waals surface area contributed by atoms with Crippen molar-refractivity contribution in [3.05, 3.63) is 18.7 Å². The smallest absolute Gasteiger partial charge is 0.335 e. The van der Waals surface area contributed by atoms with E-state index in [9.17, 15) is 8.78 Å². The van der Waals surface area contributed by atoms with Crippen LogP contribution in [0.5, 0.6) is 0 Å². The number of hydrogen-bond acceptors (Lipinski definition) is 3. The van der Waals surface area contributed by atoms with Crippen molar-refractivity contribution in [3.8, 4) is 11.4 Å². The Morgan fingerprint density at radius 1 is 1.38 bits per heavy atom. The van der Waals surface area contributed by atoms with Gasteiger partial charge in [-0.15, -0.1) is 5.10 Å². The summed E-state index contributed by atoms with van der Waals surface area (Å²) in [5, 5.41) is 6.63. The van der Waals surface area contributed by atoms with Crippen LogP contribution in [-0.4, -0.2) is 25.0 Å². The summed E-state index contributed by atoms with van der Waals surface area (Å²) in [5.74, 6) is 0. The molecule has 0 aliphatic carbocycles. The van der Waals surface area contributed by atoms with Crippen molar-refractivity contribution in [3.63, 3.8) is 0 Å². The van der Waals surface area contributed by atoms with Gasteiger partial charge in [0.15, 0.2) is 0 Å². The number of nitrogens with zero attached hydrogens (tertiary/aromatic N) is 4. The van der Waals surface area contributed by atoms with E-state index >= 15 is 0 Å². The topological polar surface area (TPSA) is 59.4 Å². The fourth-order valence-electron chi connectivity index (χ4n) is 0.977. The van der Waals surface area contributed by atoms with Crippen molar-refractivity contribution in [2.24, 2.45) is 0 Å². The highest BCUT2D eigenvalue weighted by atomic mass is 19.3. The van der Waals surface area contributed by atoms with Gasteiger partial charge in [0, 0.05) is 0 Å². The van der Waals surface area contributed by atoms with Gasteiger partial charge in [0.25, 0.3) is 0 Å². The van der Waals surface area contributed by atoms with Crippen LogP contribution in [0.3, 0.4) is 0 Å². The number of nitrogens with one attached hydrogen (secondary N) is 1. The molecule has 0 bridgehead atoms. The average Bonchev–Trinajstić information content (AvgIpc) is 2.74. The summed E-state index contributed by atoms with van der Waals surface area (Å²) in [6.07, 6.45) is 4.08. The molecule has 2 rings (SSSR count). The van der Waals surface area contributed by atoms with Gasteiger partial charge in [-0.3, -0.25) is 0 Å². The predicted molar refractivity (Wildman–Crippen MR) is 38.9 cm³/mol. The Morgan fingerprint density at radius 2 is 2.23 bits per heavy atom. The first-order chi connectivity index (χ1) is 6.29. The Kier molecular flexibility index (Phi) is 1.76. The Hall–Kier alpha value is -1.79. The zero-order chi connectivity index (χ0) is 9.26. The molecule has 7 heteroatoms. The summed E-state index contributed by atoms with van der Waals surface area (Å²) in [4.78, 5) is 6.40. The lowest BCUT2D eigenvalue weighted by atomic mass is 10.4. The van der Waals surface area contributed by atoms with Crippen LogP contribution in [-0.2, 0) is 0 Å². The molecule has 2 heterocycles. The van der Waals surface area contributed by atoms with Gasteiger partial charge in [-0.2, -0.15) is 13.5 Å². The Morgan fingerprint density at radius 3 is 2.85 bits per heavy atom. The second-order valence-electron chi connectivity index (χ2n) is 2.31. The quantitative estimate of drug-likeness (QED) is 0.761. The van der Waals surface area contributed by atoms with E-state index in [1.54, 1.807) is 0 Å². The number of H-pyrrole nitrogens is 1. The standard InChI is InChI=1S/C6H5F2N5/c7-6(8)13-5(2-11-12-13)4-1-9-3-10-4/h1-3,6H,(H,9,10). The predicted octanol–water partition coefficient (Wildman–Crippen LogP) is 1.06. The molecule has 0 spiro atoms. The molecule has 0 unspecified atom stereocenters. The van der Waals surface area contributed by atoms with Gasteiger partial charge < -0.3 is 4.98 Å². The molecule has 68 valence electrons. The maximum absolute atomic E-state index is 12.3. The number of aromatic nitrogens is 5. The van der Waals surface area contributed by atoms with Crippen LogP contribution in [0.25, 0.3) is 11.4 Å². The monoisotopic (exact) mass is 185 g/mol. The van der Waals surface area contributed by atoms with Crippen LogP contribution in [0.1, 0.15) is 6.55 Å². The molecule has 0 atom stereocenters. The molecular weight excluding hydrogens is 180 g/mol. The van der Waals surface area contributed by atoms with Crippen molar-refractivity contribution >= 4 is 0 Å². The Balaban J connectivity index is 2.46. The normalized spacial score (nSPS) is 11.0. The first-order valence-corrected chi connectivity index (χ1v) is 3.46.